The van der Waals surface area contributed by atoms with Crippen LogP contribution in [0.1, 0.15) is 36.0 Å². The summed E-state index contributed by atoms with van der Waals surface area (Å²) in [5.74, 6) is 0.141. The first kappa shape index (κ1) is 22.3. The van der Waals surface area contributed by atoms with E-state index in [0.29, 0.717) is 17.3 Å². The molecule has 1 aromatic carbocycles. The monoisotopic (exact) mass is 444 g/mol. The Balaban J connectivity index is 1.65. The Morgan fingerprint density at radius 2 is 1.81 bits per heavy atom. The van der Waals surface area contributed by atoms with Gasteiger partial charge in [-0.15, -0.1) is 0 Å². The molecule has 9 heteroatoms. The summed E-state index contributed by atoms with van der Waals surface area (Å²) < 4.78 is 40.5. The van der Waals surface area contributed by atoms with Crippen molar-refractivity contribution in [2.24, 2.45) is 0 Å². The van der Waals surface area contributed by atoms with E-state index in [2.05, 4.69) is 32.0 Å². The number of hydrogen-bond donors (Lipinski definition) is 1. The largest absolute Gasteiger partial charge is 0.367 e. The lowest BCUT2D eigenvalue weighted by atomic mass is 10.1. The van der Waals surface area contributed by atoms with Crippen LogP contribution in [-0.2, 0) is 6.54 Å². The summed E-state index contributed by atoms with van der Waals surface area (Å²) in [6.45, 7) is 10.7. The summed E-state index contributed by atoms with van der Waals surface area (Å²) in [5, 5.41) is 3.84. The van der Waals surface area contributed by atoms with Crippen LogP contribution in [-0.4, -0.2) is 52.6 Å². The van der Waals surface area contributed by atoms with Gasteiger partial charge in [-0.05, 0) is 26.5 Å². The summed E-state index contributed by atoms with van der Waals surface area (Å²) in [6.07, 6.45) is -2.86. The van der Waals surface area contributed by atoms with Gasteiger partial charge in [0.05, 0.1) is 22.3 Å². The van der Waals surface area contributed by atoms with Gasteiger partial charge in [0.25, 0.3) is 6.43 Å². The molecule has 3 heterocycles. The van der Waals surface area contributed by atoms with Crippen molar-refractivity contribution in [2.75, 3.05) is 42.9 Å². The number of piperazine rings is 1. The Hall–Kier alpha value is -2.94. The number of benzene rings is 1. The van der Waals surface area contributed by atoms with E-state index in [1.807, 2.05) is 13.0 Å². The second kappa shape index (κ2) is 9.28. The number of anilines is 2. The van der Waals surface area contributed by atoms with Crippen LogP contribution in [0, 0.1) is 19.7 Å². The molecule has 0 atom stereocenters. The molecule has 6 nitrogen and oxygen atoms in total. The van der Waals surface area contributed by atoms with Gasteiger partial charge in [-0.1, -0.05) is 25.1 Å². The quantitative estimate of drug-likeness (QED) is 0.605. The average molecular weight is 445 g/mol. The number of halogens is 3. The molecular formula is C23H27F3N6. The van der Waals surface area contributed by atoms with Crippen molar-refractivity contribution in [3.63, 3.8) is 0 Å². The molecule has 1 fully saturated rings. The van der Waals surface area contributed by atoms with E-state index in [-0.39, 0.29) is 12.1 Å². The molecule has 170 valence electrons. The number of aryl methyl sites for hydroxylation is 2. The summed E-state index contributed by atoms with van der Waals surface area (Å²) in [4.78, 5) is 18.4. The molecule has 0 unspecified atom stereocenters. The average Bonchev–Trinajstić information content (AvgIpc) is 2.77. The van der Waals surface area contributed by atoms with E-state index in [1.165, 1.54) is 12.1 Å². The standard InChI is InChI=1S/C23H27F3N6/c1-4-31-8-10-32(11-9-31)19-12-18-22(29-15(3)30-23(18)28-14(19)2)27-13-16-6-5-7-17(20(16)24)21(25)26/h5-7,12,21H,4,8-11,13H2,1-3H3,(H,27,28,29,30). The molecule has 1 saturated heterocycles. The predicted octanol–water partition coefficient (Wildman–Crippen LogP) is 4.47. The SMILES string of the molecule is CCN1CCN(c2cc3c(NCc4cccc(C(F)F)c4F)nc(C)nc3nc2C)CC1. The minimum Gasteiger partial charge on any atom is -0.367 e. The highest BCUT2D eigenvalue weighted by atomic mass is 19.3. The lowest BCUT2D eigenvalue weighted by Crippen LogP contribution is -2.46. The second-order valence-electron chi connectivity index (χ2n) is 7.98. The highest BCUT2D eigenvalue weighted by Crippen LogP contribution is 2.29. The predicted molar refractivity (Wildman–Crippen MR) is 120 cm³/mol. The Labute approximate surface area is 185 Å². The van der Waals surface area contributed by atoms with Crippen LogP contribution in [0.5, 0.6) is 0 Å². The summed E-state index contributed by atoms with van der Waals surface area (Å²) in [6, 6.07) is 6.05. The molecule has 32 heavy (non-hydrogen) atoms. The van der Waals surface area contributed by atoms with E-state index in [4.69, 9.17) is 4.98 Å². The van der Waals surface area contributed by atoms with Crippen LogP contribution >= 0.6 is 0 Å². The third kappa shape index (κ3) is 4.48. The van der Waals surface area contributed by atoms with Gasteiger partial charge in [-0.25, -0.2) is 28.1 Å². The highest BCUT2D eigenvalue weighted by Gasteiger charge is 2.20. The molecule has 1 N–H and O–H groups in total. The van der Waals surface area contributed by atoms with Crippen molar-refractivity contribution in [1.82, 2.24) is 19.9 Å². The molecule has 0 saturated carbocycles. The fourth-order valence-electron chi connectivity index (χ4n) is 4.09. The van der Waals surface area contributed by atoms with Crippen LogP contribution < -0.4 is 10.2 Å². The number of nitrogens with one attached hydrogen (secondary N) is 1. The van der Waals surface area contributed by atoms with Crippen molar-refractivity contribution in [3.8, 4) is 0 Å². The number of hydrogen-bond acceptors (Lipinski definition) is 6. The van der Waals surface area contributed by atoms with Gasteiger partial charge >= 0.3 is 0 Å². The maximum Gasteiger partial charge on any atom is 0.266 e. The fraction of sp³-hybridized carbons (Fsp3) is 0.435. The fourth-order valence-corrected chi connectivity index (χ4v) is 4.09. The lowest BCUT2D eigenvalue weighted by Gasteiger charge is -2.36. The van der Waals surface area contributed by atoms with Crippen molar-refractivity contribution < 1.29 is 13.2 Å². The molecule has 1 aliphatic rings. The molecule has 0 radical (unpaired) electrons. The third-order valence-electron chi connectivity index (χ3n) is 5.91. The number of nitrogens with zero attached hydrogens (tertiary/aromatic N) is 5. The lowest BCUT2D eigenvalue weighted by molar-refractivity contribution is 0.146. The smallest absolute Gasteiger partial charge is 0.266 e. The number of rotatable bonds is 6. The molecule has 0 amide bonds. The van der Waals surface area contributed by atoms with Gasteiger partial charge in [0.1, 0.15) is 17.5 Å². The Morgan fingerprint density at radius 1 is 1.06 bits per heavy atom. The van der Waals surface area contributed by atoms with Crippen LogP contribution in [0.4, 0.5) is 24.7 Å². The number of pyridine rings is 1. The van der Waals surface area contributed by atoms with E-state index in [1.54, 1.807) is 6.92 Å². The molecule has 0 aliphatic carbocycles. The normalized spacial score (nSPS) is 15.0. The van der Waals surface area contributed by atoms with Crippen molar-refractivity contribution >= 4 is 22.5 Å². The Morgan fingerprint density at radius 3 is 2.50 bits per heavy atom. The number of alkyl halides is 2. The zero-order valence-corrected chi connectivity index (χ0v) is 18.5. The number of fused-ring (bicyclic) bond motifs is 1. The van der Waals surface area contributed by atoms with Crippen molar-refractivity contribution in [2.45, 2.75) is 33.7 Å². The zero-order chi connectivity index (χ0) is 22.8. The molecule has 1 aliphatic heterocycles. The first-order valence-corrected chi connectivity index (χ1v) is 10.8. The summed E-state index contributed by atoms with van der Waals surface area (Å²) in [5.41, 5.74) is 2.02. The van der Waals surface area contributed by atoms with E-state index in [9.17, 15) is 13.2 Å². The molecule has 0 spiro atoms. The van der Waals surface area contributed by atoms with Gasteiger partial charge in [0.15, 0.2) is 5.65 Å². The van der Waals surface area contributed by atoms with Crippen LogP contribution in [0.15, 0.2) is 24.3 Å². The Bertz CT molecular complexity index is 1110. The molecule has 3 aromatic rings. The second-order valence-corrected chi connectivity index (χ2v) is 7.98. The van der Waals surface area contributed by atoms with Gasteiger partial charge in [-0.3, -0.25) is 0 Å². The minimum atomic E-state index is -2.86. The minimum absolute atomic E-state index is 0.0241. The summed E-state index contributed by atoms with van der Waals surface area (Å²) in [7, 11) is 0. The van der Waals surface area contributed by atoms with E-state index in [0.717, 1.165) is 55.6 Å². The zero-order valence-electron chi connectivity index (χ0n) is 18.5. The Kier molecular flexibility index (Phi) is 6.45. The number of likely N-dealkylation sites (N-methyl/N-ethyl adjacent to an activating group) is 1. The molecular weight excluding hydrogens is 417 g/mol. The maximum absolute atomic E-state index is 14.5. The van der Waals surface area contributed by atoms with Crippen molar-refractivity contribution in [3.05, 3.63) is 52.7 Å². The van der Waals surface area contributed by atoms with Crippen LogP contribution in [0.2, 0.25) is 0 Å². The molecule has 2 aromatic heterocycles. The number of aromatic nitrogens is 3. The highest BCUT2D eigenvalue weighted by molar-refractivity contribution is 5.89. The van der Waals surface area contributed by atoms with Gasteiger partial charge in [0.2, 0.25) is 0 Å². The van der Waals surface area contributed by atoms with Gasteiger partial charge in [-0.2, -0.15) is 0 Å². The van der Waals surface area contributed by atoms with E-state index >= 15 is 0 Å². The third-order valence-corrected chi connectivity index (χ3v) is 5.91. The topological polar surface area (TPSA) is 57.2 Å². The summed E-state index contributed by atoms with van der Waals surface area (Å²) >= 11 is 0. The maximum atomic E-state index is 14.5. The van der Waals surface area contributed by atoms with Gasteiger partial charge in [0, 0.05) is 38.3 Å². The first-order chi connectivity index (χ1) is 15.4. The van der Waals surface area contributed by atoms with Gasteiger partial charge < -0.3 is 15.1 Å². The first-order valence-electron chi connectivity index (χ1n) is 10.8. The van der Waals surface area contributed by atoms with E-state index < -0.39 is 17.8 Å². The van der Waals surface area contributed by atoms with Crippen LogP contribution in [0.3, 0.4) is 0 Å². The molecule has 4 rings (SSSR count). The van der Waals surface area contributed by atoms with Crippen LogP contribution in [0.25, 0.3) is 11.0 Å². The van der Waals surface area contributed by atoms with Crippen molar-refractivity contribution in [1.29, 1.82) is 0 Å². The molecule has 0 bridgehead atoms.